The quantitative estimate of drug-likeness (QED) is 0.254. The summed E-state index contributed by atoms with van der Waals surface area (Å²) in [7, 11) is 1.90. The van der Waals surface area contributed by atoms with Gasteiger partial charge in [0.25, 0.3) is 5.91 Å². The molecule has 0 atom stereocenters. The third-order valence-electron chi connectivity index (χ3n) is 7.29. The molecule has 0 bridgehead atoms. The summed E-state index contributed by atoms with van der Waals surface area (Å²) >= 11 is 6.36. The highest BCUT2D eigenvalue weighted by atomic mass is 35.5. The number of hydrogen-bond acceptors (Lipinski definition) is 4. The van der Waals surface area contributed by atoms with Gasteiger partial charge in [-0.25, -0.2) is 9.78 Å². The molecule has 0 saturated heterocycles. The molecule has 4 aromatic heterocycles. The van der Waals surface area contributed by atoms with Crippen LogP contribution in [0.1, 0.15) is 38.4 Å². The van der Waals surface area contributed by atoms with Crippen molar-refractivity contribution in [2.45, 2.75) is 19.9 Å². The maximum atomic E-state index is 12.9. The fourth-order valence-electron chi connectivity index (χ4n) is 5.11. The van der Waals surface area contributed by atoms with E-state index in [1.807, 2.05) is 77.8 Å². The highest BCUT2D eigenvalue weighted by Gasteiger charge is 2.17. The lowest BCUT2D eigenvalue weighted by Gasteiger charge is -2.08. The molecule has 0 radical (unpaired) electrons. The first-order chi connectivity index (χ1) is 20.3. The summed E-state index contributed by atoms with van der Waals surface area (Å²) in [5.41, 5.74) is 5.44. The average molecular weight is 579 g/mol. The van der Waals surface area contributed by atoms with Crippen molar-refractivity contribution in [3.05, 3.63) is 122 Å². The standard InChI is InChI=1S/C32H27ClN6O3/c1-20-9-10-22(16-21(20)11-12-24-18-35-28-8-3-4-14-38(24)28)30(40)34-13-15-39-31(41)27(36-32(39)42)17-23-19-37(2)29-25(23)6-5-7-26(29)33/h3-10,14,16,18-19,41H,13,15,17H2,1-2H3,(H,34,40)(H,36,42). The molecule has 0 saturated carbocycles. The van der Waals surface area contributed by atoms with Crippen LogP contribution in [0, 0.1) is 18.8 Å². The smallest absolute Gasteiger partial charge is 0.328 e. The summed E-state index contributed by atoms with van der Waals surface area (Å²) in [5, 5.41) is 15.2. The van der Waals surface area contributed by atoms with Crippen molar-refractivity contribution >= 4 is 34.1 Å². The molecule has 0 unspecified atom stereocenters. The van der Waals surface area contributed by atoms with E-state index < -0.39 is 5.69 Å². The summed E-state index contributed by atoms with van der Waals surface area (Å²) in [6.45, 7) is 2.18. The molecule has 0 aliphatic heterocycles. The Kier molecular flexibility index (Phi) is 7.07. The molecule has 42 heavy (non-hydrogen) atoms. The molecule has 0 aliphatic rings. The largest absolute Gasteiger partial charge is 0.493 e. The van der Waals surface area contributed by atoms with E-state index in [-0.39, 0.29) is 24.9 Å². The Morgan fingerprint density at radius 3 is 2.86 bits per heavy atom. The number of fused-ring (bicyclic) bond motifs is 2. The third-order valence-corrected chi connectivity index (χ3v) is 7.60. The van der Waals surface area contributed by atoms with Crippen LogP contribution in [0.2, 0.25) is 5.02 Å². The molecule has 0 aliphatic carbocycles. The number of para-hydroxylation sites is 1. The number of carbonyl (C=O) groups is 1. The van der Waals surface area contributed by atoms with Gasteiger partial charge < -0.3 is 20.0 Å². The Morgan fingerprint density at radius 1 is 1.14 bits per heavy atom. The zero-order chi connectivity index (χ0) is 29.4. The number of pyridine rings is 1. The van der Waals surface area contributed by atoms with Gasteiger partial charge in [0, 0.05) is 55.5 Å². The Hall–Kier alpha value is -5.20. The van der Waals surface area contributed by atoms with E-state index in [1.54, 1.807) is 18.3 Å². The predicted octanol–water partition coefficient (Wildman–Crippen LogP) is 4.40. The number of benzene rings is 2. The fourth-order valence-corrected chi connectivity index (χ4v) is 5.42. The predicted molar refractivity (Wildman–Crippen MR) is 162 cm³/mol. The lowest BCUT2D eigenvalue weighted by Crippen LogP contribution is -2.30. The molecule has 2 aromatic carbocycles. The second-order valence-electron chi connectivity index (χ2n) is 10.1. The second kappa shape index (κ2) is 11.0. The molecular formula is C32H27ClN6O3. The van der Waals surface area contributed by atoms with E-state index in [2.05, 4.69) is 27.1 Å². The van der Waals surface area contributed by atoms with Gasteiger partial charge in [-0.1, -0.05) is 41.8 Å². The number of imidazole rings is 2. The Labute approximate surface area is 246 Å². The maximum Gasteiger partial charge on any atom is 0.328 e. The van der Waals surface area contributed by atoms with Crippen molar-refractivity contribution in [3.8, 4) is 17.7 Å². The first-order valence-electron chi connectivity index (χ1n) is 13.4. The van der Waals surface area contributed by atoms with Crippen molar-refractivity contribution in [1.82, 2.24) is 28.8 Å². The number of aryl methyl sites for hydroxylation is 2. The van der Waals surface area contributed by atoms with Crippen LogP contribution in [0.15, 0.2) is 78.0 Å². The van der Waals surface area contributed by atoms with Crippen molar-refractivity contribution < 1.29 is 9.90 Å². The number of H-pyrrole nitrogens is 1. The van der Waals surface area contributed by atoms with Gasteiger partial charge in [-0.05, 0) is 54.3 Å². The number of halogens is 1. The van der Waals surface area contributed by atoms with E-state index >= 15 is 0 Å². The molecule has 10 heteroatoms. The van der Waals surface area contributed by atoms with Gasteiger partial charge >= 0.3 is 5.69 Å². The Morgan fingerprint density at radius 2 is 2.00 bits per heavy atom. The van der Waals surface area contributed by atoms with E-state index in [0.29, 0.717) is 22.7 Å². The van der Waals surface area contributed by atoms with Crippen LogP contribution >= 0.6 is 11.6 Å². The summed E-state index contributed by atoms with van der Waals surface area (Å²) < 4.78 is 5.05. The van der Waals surface area contributed by atoms with Crippen LogP contribution < -0.4 is 11.0 Å². The fraction of sp³-hybridized carbons (Fsp3) is 0.156. The van der Waals surface area contributed by atoms with Gasteiger partial charge in [0.2, 0.25) is 5.88 Å². The van der Waals surface area contributed by atoms with Crippen molar-refractivity contribution in [2.75, 3.05) is 6.54 Å². The van der Waals surface area contributed by atoms with Gasteiger partial charge in [0.1, 0.15) is 11.3 Å². The van der Waals surface area contributed by atoms with Crippen LogP contribution in [0.5, 0.6) is 5.88 Å². The van der Waals surface area contributed by atoms with E-state index in [0.717, 1.165) is 38.9 Å². The third kappa shape index (κ3) is 5.04. The normalized spacial score (nSPS) is 11.1. The van der Waals surface area contributed by atoms with Gasteiger partial charge in [0.05, 0.1) is 22.4 Å². The number of carbonyl (C=O) groups excluding carboxylic acids is 1. The van der Waals surface area contributed by atoms with Gasteiger partial charge in [-0.15, -0.1) is 0 Å². The molecule has 1 amide bonds. The summed E-state index contributed by atoms with van der Waals surface area (Å²) in [6, 6.07) is 16.7. The molecular weight excluding hydrogens is 552 g/mol. The topological polar surface area (TPSA) is 109 Å². The minimum absolute atomic E-state index is 0.0983. The molecule has 0 fully saturated rings. The van der Waals surface area contributed by atoms with Crippen molar-refractivity contribution in [2.24, 2.45) is 7.05 Å². The average Bonchev–Trinajstić information content (AvgIpc) is 3.62. The number of aromatic nitrogens is 5. The van der Waals surface area contributed by atoms with Gasteiger partial charge in [0.15, 0.2) is 0 Å². The molecule has 6 rings (SSSR count). The van der Waals surface area contributed by atoms with Crippen LogP contribution in [-0.4, -0.2) is 41.1 Å². The SMILES string of the molecule is Cc1ccc(C(=O)NCCn2c(O)c(Cc3cn(C)c4c(Cl)cccc34)[nH]c2=O)cc1C#Cc1cnc2ccccn12. The van der Waals surface area contributed by atoms with Crippen LogP contribution in [0.25, 0.3) is 16.6 Å². The number of aromatic hydroxyl groups is 1. The summed E-state index contributed by atoms with van der Waals surface area (Å²) in [5.74, 6) is 5.84. The summed E-state index contributed by atoms with van der Waals surface area (Å²) in [4.78, 5) is 32.7. The Bertz CT molecular complexity index is 2100. The summed E-state index contributed by atoms with van der Waals surface area (Å²) in [6.07, 6.45) is 5.87. The second-order valence-corrected chi connectivity index (χ2v) is 10.5. The van der Waals surface area contributed by atoms with Crippen LogP contribution in [0.3, 0.4) is 0 Å². The zero-order valence-corrected chi connectivity index (χ0v) is 23.7. The number of aromatic amines is 1. The Balaban J connectivity index is 1.14. The van der Waals surface area contributed by atoms with Crippen LogP contribution in [0.4, 0.5) is 0 Å². The van der Waals surface area contributed by atoms with Crippen LogP contribution in [-0.2, 0) is 20.0 Å². The molecule has 9 nitrogen and oxygen atoms in total. The van der Waals surface area contributed by atoms with Crippen molar-refractivity contribution in [1.29, 1.82) is 0 Å². The maximum absolute atomic E-state index is 12.9. The van der Waals surface area contributed by atoms with Gasteiger partial charge in [-0.3, -0.25) is 13.8 Å². The highest BCUT2D eigenvalue weighted by Crippen LogP contribution is 2.29. The number of amides is 1. The number of hydrogen-bond donors (Lipinski definition) is 3. The highest BCUT2D eigenvalue weighted by molar-refractivity contribution is 6.35. The molecule has 4 heterocycles. The number of nitrogens with zero attached hydrogens (tertiary/aromatic N) is 4. The van der Waals surface area contributed by atoms with Gasteiger partial charge in [-0.2, -0.15) is 0 Å². The minimum atomic E-state index is -0.449. The molecule has 0 spiro atoms. The molecule has 6 aromatic rings. The van der Waals surface area contributed by atoms with E-state index in [1.165, 1.54) is 4.57 Å². The van der Waals surface area contributed by atoms with E-state index in [4.69, 9.17) is 11.6 Å². The number of rotatable bonds is 6. The number of nitrogens with one attached hydrogen (secondary N) is 2. The lowest BCUT2D eigenvalue weighted by atomic mass is 10.0. The molecule has 210 valence electrons. The first kappa shape index (κ1) is 27.0. The van der Waals surface area contributed by atoms with E-state index in [9.17, 15) is 14.7 Å². The molecule has 3 N–H and O–H groups in total. The van der Waals surface area contributed by atoms with Crippen molar-refractivity contribution in [3.63, 3.8) is 0 Å². The minimum Gasteiger partial charge on any atom is -0.493 e. The lowest BCUT2D eigenvalue weighted by molar-refractivity contribution is 0.0951. The monoisotopic (exact) mass is 578 g/mol. The zero-order valence-electron chi connectivity index (χ0n) is 23.0. The first-order valence-corrected chi connectivity index (χ1v) is 13.7.